The van der Waals surface area contributed by atoms with Crippen LogP contribution in [0.2, 0.25) is 0 Å². The number of para-hydroxylation sites is 1. The molecule has 0 N–H and O–H groups in total. The fourth-order valence-electron chi connectivity index (χ4n) is 2.64. The maximum Gasteiger partial charge on any atom is 0.415 e. The Morgan fingerprint density at radius 3 is 2.44 bits per heavy atom. The van der Waals surface area contributed by atoms with Crippen LogP contribution in [0.15, 0.2) is 46.9 Å². The van der Waals surface area contributed by atoms with Crippen molar-refractivity contribution < 1.29 is 23.5 Å². The van der Waals surface area contributed by atoms with Crippen LogP contribution in [0.4, 0.5) is 4.79 Å². The minimum atomic E-state index is -0.486. The van der Waals surface area contributed by atoms with E-state index in [9.17, 15) is 9.59 Å². The highest BCUT2D eigenvalue weighted by Gasteiger charge is 2.23. The molecule has 0 unspecified atom stereocenters. The van der Waals surface area contributed by atoms with Gasteiger partial charge in [-0.25, -0.2) is 9.59 Å². The second kappa shape index (κ2) is 7.85. The van der Waals surface area contributed by atoms with Crippen LogP contribution in [0.5, 0.6) is 5.75 Å². The van der Waals surface area contributed by atoms with E-state index < -0.39 is 5.97 Å². The van der Waals surface area contributed by atoms with E-state index in [-0.39, 0.29) is 11.9 Å². The van der Waals surface area contributed by atoms with Gasteiger partial charge in [0.2, 0.25) is 5.76 Å². The van der Waals surface area contributed by atoms with E-state index in [2.05, 4.69) is 9.64 Å². The van der Waals surface area contributed by atoms with Gasteiger partial charge in [0.05, 0.1) is 13.7 Å². The summed E-state index contributed by atoms with van der Waals surface area (Å²) in [5.41, 5.74) is 0. The van der Waals surface area contributed by atoms with Crippen molar-refractivity contribution in [2.75, 3.05) is 33.3 Å². The summed E-state index contributed by atoms with van der Waals surface area (Å²) in [6, 6.07) is 12.4. The van der Waals surface area contributed by atoms with Crippen LogP contribution in [0, 0.1) is 0 Å². The first-order chi connectivity index (χ1) is 12.2. The first-order valence-corrected chi connectivity index (χ1v) is 8.07. The number of carbonyl (C=O) groups is 2. The summed E-state index contributed by atoms with van der Waals surface area (Å²) in [6.45, 7) is 3.15. The lowest BCUT2D eigenvalue weighted by atomic mass is 10.3. The molecule has 7 heteroatoms. The third-order valence-electron chi connectivity index (χ3n) is 4.01. The number of benzene rings is 1. The number of amides is 1. The molecule has 0 spiro atoms. The third-order valence-corrected chi connectivity index (χ3v) is 4.01. The smallest absolute Gasteiger partial charge is 0.415 e. The van der Waals surface area contributed by atoms with E-state index in [0.29, 0.717) is 44.2 Å². The van der Waals surface area contributed by atoms with Crippen LogP contribution in [0.25, 0.3) is 0 Å². The summed E-state index contributed by atoms with van der Waals surface area (Å²) in [5, 5.41) is 0. The number of hydrogen-bond donors (Lipinski definition) is 0. The maximum atomic E-state index is 12.2. The molecular weight excluding hydrogens is 324 g/mol. The highest BCUT2D eigenvalue weighted by Crippen LogP contribution is 2.15. The number of furan rings is 1. The molecule has 2 heterocycles. The molecule has 0 saturated carbocycles. The number of methoxy groups -OCH3 is 1. The molecule has 0 atom stereocenters. The van der Waals surface area contributed by atoms with Gasteiger partial charge in [0.25, 0.3) is 0 Å². The molecule has 132 valence electrons. The van der Waals surface area contributed by atoms with Gasteiger partial charge in [-0.15, -0.1) is 0 Å². The Kier molecular flexibility index (Phi) is 5.35. The van der Waals surface area contributed by atoms with Crippen LogP contribution in [0.1, 0.15) is 16.3 Å². The predicted octanol–water partition coefficient (Wildman–Crippen LogP) is 2.38. The summed E-state index contributed by atoms with van der Waals surface area (Å²) in [7, 11) is 1.32. The van der Waals surface area contributed by atoms with E-state index >= 15 is 0 Å². The van der Waals surface area contributed by atoms with E-state index in [1.807, 2.05) is 18.2 Å². The van der Waals surface area contributed by atoms with Crippen LogP contribution >= 0.6 is 0 Å². The second-order valence-electron chi connectivity index (χ2n) is 5.70. The van der Waals surface area contributed by atoms with Crippen LogP contribution < -0.4 is 4.74 Å². The molecule has 7 nitrogen and oxygen atoms in total. The molecular formula is C18H20N2O5. The van der Waals surface area contributed by atoms with Gasteiger partial charge in [-0.05, 0) is 24.3 Å². The van der Waals surface area contributed by atoms with Crippen LogP contribution in [-0.4, -0.2) is 55.2 Å². The van der Waals surface area contributed by atoms with Crippen molar-refractivity contribution in [2.24, 2.45) is 0 Å². The molecule has 25 heavy (non-hydrogen) atoms. The molecule has 0 radical (unpaired) electrons. The van der Waals surface area contributed by atoms with Crippen LogP contribution in [-0.2, 0) is 11.3 Å². The van der Waals surface area contributed by atoms with Crippen molar-refractivity contribution in [3.63, 3.8) is 0 Å². The summed E-state index contributed by atoms with van der Waals surface area (Å²) in [5.74, 6) is 0.948. The Hall–Kier alpha value is -2.80. The first kappa shape index (κ1) is 17.0. The van der Waals surface area contributed by atoms with Gasteiger partial charge in [0, 0.05) is 26.2 Å². The topological polar surface area (TPSA) is 72.2 Å². The van der Waals surface area contributed by atoms with Crippen molar-refractivity contribution in [3.05, 3.63) is 54.0 Å². The molecule has 1 amide bonds. The number of hydrogen-bond acceptors (Lipinski definition) is 6. The summed E-state index contributed by atoms with van der Waals surface area (Å²) in [6.07, 6.45) is -0.336. The molecule has 0 bridgehead atoms. The Labute approximate surface area is 145 Å². The highest BCUT2D eigenvalue weighted by atomic mass is 16.6. The minimum Gasteiger partial charge on any atom is -0.463 e. The molecule has 0 aliphatic carbocycles. The second-order valence-corrected chi connectivity index (χ2v) is 5.70. The fourth-order valence-corrected chi connectivity index (χ4v) is 2.64. The molecule has 1 aliphatic heterocycles. The summed E-state index contributed by atoms with van der Waals surface area (Å²) in [4.78, 5) is 27.4. The normalized spacial score (nSPS) is 15.0. The Bertz CT molecular complexity index is 720. The lowest BCUT2D eigenvalue weighted by molar-refractivity contribution is 0.0558. The van der Waals surface area contributed by atoms with Crippen LogP contribution in [0.3, 0.4) is 0 Å². The number of piperazine rings is 1. The number of esters is 1. The van der Waals surface area contributed by atoms with Crippen molar-refractivity contribution in [1.29, 1.82) is 0 Å². The average molecular weight is 344 g/mol. The molecule has 1 fully saturated rings. The lowest BCUT2D eigenvalue weighted by Crippen LogP contribution is -2.49. The third kappa shape index (κ3) is 4.39. The largest absolute Gasteiger partial charge is 0.463 e. The average Bonchev–Trinajstić information content (AvgIpc) is 3.11. The lowest BCUT2D eigenvalue weighted by Gasteiger charge is -2.33. The molecule has 3 rings (SSSR count). The molecule has 2 aromatic rings. The van der Waals surface area contributed by atoms with Gasteiger partial charge in [-0.1, -0.05) is 18.2 Å². The van der Waals surface area contributed by atoms with E-state index in [4.69, 9.17) is 9.15 Å². The Morgan fingerprint density at radius 1 is 1.04 bits per heavy atom. The Balaban J connectivity index is 1.47. The quantitative estimate of drug-likeness (QED) is 0.793. The monoisotopic (exact) mass is 344 g/mol. The fraction of sp³-hybridized carbons (Fsp3) is 0.333. The van der Waals surface area contributed by atoms with Gasteiger partial charge in [0.15, 0.2) is 0 Å². The van der Waals surface area contributed by atoms with Gasteiger partial charge in [0.1, 0.15) is 11.5 Å². The zero-order valence-electron chi connectivity index (χ0n) is 14.0. The van der Waals surface area contributed by atoms with Crippen molar-refractivity contribution >= 4 is 12.1 Å². The summed E-state index contributed by atoms with van der Waals surface area (Å²) >= 11 is 0. The molecule has 1 aliphatic rings. The van der Waals surface area contributed by atoms with Gasteiger partial charge >= 0.3 is 12.1 Å². The molecule has 1 aromatic heterocycles. The number of rotatable bonds is 4. The first-order valence-electron chi connectivity index (χ1n) is 8.07. The summed E-state index contributed by atoms with van der Waals surface area (Å²) < 4.78 is 15.4. The van der Waals surface area contributed by atoms with E-state index in [0.717, 1.165) is 0 Å². The predicted molar refractivity (Wildman–Crippen MR) is 89.4 cm³/mol. The standard InChI is InChI=1S/C18H20N2O5/c1-23-17(21)16-8-7-15(24-16)13-19-9-11-20(12-10-19)18(22)25-14-5-3-2-4-6-14/h2-8H,9-13H2,1H3. The number of ether oxygens (including phenoxy) is 2. The highest BCUT2D eigenvalue weighted by molar-refractivity contribution is 5.86. The number of nitrogens with zero attached hydrogens (tertiary/aromatic N) is 2. The van der Waals surface area contributed by atoms with Crippen molar-refractivity contribution in [3.8, 4) is 5.75 Å². The minimum absolute atomic E-state index is 0.197. The maximum absolute atomic E-state index is 12.2. The van der Waals surface area contributed by atoms with Crippen molar-refractivity contribution in [1.82, 2.24) is 9.80 Å². The number of carbonyl (C=O) groups excluding carboxylic acids is 2. The van der Waals surface area contributed by atoms with Crippen molar-refractivity contribution in [2.45, 2.75) is 6.54 Å². The Morgan fingerprint density at radius 2 is 1.76 bits per heavy atom. The van der Waals surface area contributed by atoms with E-state index in [1.165, 1.54) is 7.11 Å². The van der Waals surface area contributed by atoms with Gasteiger partial charge in [-0.2, -0.15) is 0 Å². The zero-order chi connectivity index (χ0) is 17.6. The molecule has 1 saturated heterocycles. The SMILES string of the molecule is COC(=O)c1ccc(CN2CCN(C(=O)Oc3ccccc3)CC2)o1. The van der Waals surface area contributed by atoms with E-state index in [1.54, 1.807) is 29.2 Å². The zero-order valence-corrected chi connectivity index (χ0v) is 14.0. The van der Waals surface area contributed by atoms with Gasteiger partial charge in [-0.3, -0.25) is 4.90 Å². The van der Waals surface area contributed by atoms with Gasteiger partial charge < -0.3 is 18.8 Å². The molecule has 1 aromatic carbocycles.